The van der Waals surface area contributed by atoms with Crippen LogP contribution in [0.3, 0.4) is 0 Å². The summed E-state index contributed by atoms with van der Waals surface area (Å²) in [4.78, 5) is 18.3. The van der Waals surface area contributed by atoms with Crippen LogP contribution >= 0.6 is 0 Å². The van der Waals surface area contributed by atoms with E-state index in [1.165, 1.54) is 0 Å². The fourth-order valence-corrected chi connectivity index (χ4v) is 3.20. The molecule has 1 aromatic carbocycles. The highest BCUT2D eigenvalue weighted by atomic mass is 16.7. The van der Waals surface area contributed by atoms with Gasteiger partial charge >= 0.3 is 6.09 Å². The number of nitrogens with zero attached hydrogens (tertiary/aromatic N) is 2. The van der Waals surface area contributed by atoms with Crippen LogP contribution in [-0.2, 0) is 14.2 Å². The first-order valence-corrected chi connectivity index (χ1v) is 9.82. The molecule has 4 rings (SSSR count). The van der Waals surface area contributed by atoms with Crippen molar-refractivity contribution < 1.29 is 23.7 Å². The molecule has 0 N–H and O–H groups in total. The zero-order valence-electron chi connectivity index (χ0n) is 17.0. The maximum absolute atomic E-state index is 12.0. The number of rotatable bonds is 4. The Labute approximate surface area is 170 Å². The van der Waals surface area contributed by atoms with Crippen molar-refractivity contribution in [3.8, 4) is 17.1 Å². The molecule has 154 valence electrons. The van der Waals surface area contributed by atoms with Gasteiger partial charge in [-0.3, -0.25) is 0 Å². The third-order valence-corrected chi connectivity index (χ3v) is 4.59. The molecule has 0 atom stereocenters. The second kappa shape index (κ2) is 8.00. The van der Waals surface area contributed by atoms with E-state index >= 15 is 0 Å². The predicted octanol–water partition coefficient (Wildman–Crippen LogP) is 3.79. The molecule has 1 amide bonds. The second-order valence-electron chi connectivity index (χ2n) is 8.19. The van der Waals surface area contributed by atoms with Gasteiger partial charge in [0.1, 0.15) is 11.7 Å². The summed E-state index contributed by atoms with van der Waals surface area (Å²) < 4.78 is 22.5. The maximum atomic E-state index is 12.0. The standard InChI is InChI=1S/C22H26N2O5/c1-22(2,3)29-21(25)24-13-17(14-24)28-19-9-5-8-18(23-19)15-6-4-7-16(12-15)20-26-10-11-27-20/h4-9,12,17,20H,10-11,13-14H2,1-3H3. The lowest BCUT2D eigenvalue weighted by Gasteiger charge is -2.39. The van der Waals surface area contributed by atoms with Gasteiger partial charge in [0.25, 0.3) is 0 Å². The molecule has 0 bridgehead atoms. The number of carbonyl (C=O) groups excluding carboxylic acids is 1. The van der Waals surface area contributed by atoms with Crippen molar-refractivity contribution in [3.63, 3.8) is 0 Å². The van der Waals surface area contributed by atoms with Crippen LogP contribution in [0.1, 0.15) is 32.6 Å². The van der Waals surface area contributed by atoms with Crippen molar-refractivity contribution in [1.29, 1.82) is 0 Å². The van der Waals surface area contributed by atoms with E-state index in [9.17, 15) is 4.79 Å². The van der Waals surface area contributed by atoms with Gasteiger partial charge in [0, 0.05) is 17.2 Å². The molecular weight excluding hydrogens is 372 g/mol. The normalized spacial score (nSPS) is 17.8. The monoisotopic (exact) mass is 398 g/mol. The summed E-state index contributed by atoms with van der Waals surface area (Å²) >= 11 is 0. The van der Waals surface area contributed by atoms with Crippen molar-refractivity contribution in [1.82, 2.24) is 9.88 Å². The Bertz CT molecular complexity index is 868. The van der Waals surface area contributed by atoms with E-state index in [-0.39, 0.29) is 18.5 Å². The molecule has 0 spiro atoms. The lowest BCUT2D eigenvalue weighted by Crippen LogP contribution is -2.57. The molecule has 0 unspecified atom stereocenters. The van der Waals surface area contributed by atoms with E-state index in [0.29, 0.717) is 32.2 Å². The molecule has 2 aliphatic heterocycles. The minimum Gasteiger partial charge on any atom is -0.471 e. The molecule has 2 aromatic rings. The molecule has 0 aliphatic carbocycles. The van der Waals surface area contributed by atoms with Gasteiger partial charge in [-0.1, -0.05) is 24.3 Å². The molecule has 2 saturated heterocycles. The summed E-state index contributed by atoms with van der Waals surface area (Å²) in [6.45, 7) is 7.77. The number of carbonyl (C=O) groups is 1. The first-order chi connectivity index (χ1) is 13.9. The molecule has 1 aromatic heterocycles. The Balaban J connectivity index is 1.38. The van der Waals surface area contributed by atoms with Crippen LogP contribution in [0, 0.1) is 0 Å². The molecule has 7 heteroatoms. The van der Waals surface area contributed by atoms with E-state index in [1.54, 1.807) is 4.90 Å². The van der Waals surface area contributed by atoms with Gasteiger partial charge in [0.15, 0.2) is 6.29 Å². The van der Waals surface area contributed by atoms with Crippen LogP contribution in [0.4, 0.5) is 4.79 Å². The third-order valence-electron chi connectivity index (χ3n) is 4.59. The number of likely N-dealkylation sites (tertiary alicyclic amines) is 1. The van der Waals surface area contributed by atoms with Gasteiger partial charge in [-0.15, -0.1) is 0 Å². The quantitative estimate of drug-likeness (QED) is 0.780. The SMILES string of the molecule is CC(C)(C)OC(=O)N1CC(Oc2cccc(-c3cccc(C4OCCO4)c3)n2)C1. The largest absolute Gasteiger partial charge is 0.471 e. The molecule has 0 saturated carbocycles. The lowest BCUT2D eigenvalue weighted by atomic mass is 10.1. The first kappa shape index (κ1) is 19.7. The van der Waals surface area contributed by atoms with Crippen molar-refractivity contribution in [2.24, 2.45) is 0 Å². The summed E-state index contributed by atoms with van der Waals surface area (Å²) in [6.07, 6.45) is -0.715. The van der Waals surface area contributed by atoms with Gasteiger partial charge in [-0.25, -0.2) is 9.78 Å². The van der Waals surface area contributed by atoms with Crippen LogP contribution in [0.25, 0.3) is 11.3 Å². The highest BCUT2D eigenvalue weighted by molar-refractivity contribution is 5.69. The van der Waals surface area contributed by atoms with Crippen molar-refractivity contribution in [2.75, 3.05) is 26.3 Å². The average Bonchev–Trinajstić information content (AvgIpc) is 3.18. The number of aromatic nitrogens is 1. The number of benzene rings is 1. The van der Waals surface area contributed by atoms with E-state index < -0.39 is 5.60 Å². The van der Waals surface area contributed by atoms with Crippen LogP contribution < -0.4 is 4.74 Å². The van der Waals surface area contributed by atoms with Crippen molar-refractivity contribution in [3.05, 3.63) is 48.0 Å². The van der Waals surface area contributed by atoms with E-state index in [1.807, 2.05) is 63.2 Å². The van der Waals surface area contributed by atoms with Crippen LogP contribution in [-0.4, -0.2) is 54.0 Å². The summed E-state index contributed by atoms with van der Waals surface area (Å²) in [5, 5.41) is 0. The first-order valence-electron chi connectivity index (χ1n) is 9.82. The summed E-state index contributed by atoms with van der Waals surface area (Å²) in [5.41, 5.74) is 2.25. The Morgan fingerprint density at radius 2 is 1.83 bits per heavy atom. The topological polar surface area (TPSA) is 70.1 Å². The van der Waals surface area contributed by atoms with Crippen molar-refractivity contribution >= 4 is 6.09 Å². The minimum absolute atomic E-state index is 0.0862. The van der Waals surface area contributed by atoms with Gasteiger partial charge < -0.3 is 23.8 Å². The Morgan fingerprint density at radius 3 is 2.55 bits per heavy atom. The summed E-state index contributed by atoms with van der Waals surface area (Å²) in [6, 6.07) is 13.7. The van der Waals surface area contributed by atoms with Gasteiger partial charge in [-0.05, 0) is 32.9 Å². The summed E-state index contributed by atoms with van der Waals surface area (Å²) in [7, 11) is 0. The van der Waals surface area contributed by atoms with E-state index in [2.05, 4.69) is 4.98 Å². The molecule has 29 heavy (non-hydrogen) atoms. The van der Waals surface area contributed by atoms with Crippen LogP contribution in [0.2, 0.25) is 0 Å². The molecule has 2 fully saturated rings. The molecule has 7 nitrogen and oxygen atoms in total. The molecule has 0 radical (unpaired) electrons. The number of amides is 1. The summed E-state index contributed by atoms with van der Waals surface area (Å²) in [5.74, 6) is 0.537. The minimum atomic E-state index is -0.498. The fraction of sp³-hybridized carbons (Fsp3) is 0.455. The molecule has 2 aliphatic rings. The molecular formula is C22H26N2O5. The predicted molar refractivity (Wildman–Crippen MR) is 107 cm³/mol. The highest BCUT2D eigenvalue weighted by Gasteiger charge is 2.35. The average molecular weight is 398 g/mol. The number of hydrogen-bond acceptors (Lipinski definition) is 6. The van der Waals surface area contributed by atoms with E-state index in [0.717, 1.165) is 16.8 Å². The third kappa shape index (κ3) is 4.86. The van der Waals surface area contributed by atoms with E-state index in [4.69, 9.17) is 18.9 Å². The Hall–Kier alpha value is -2.64. The second-order valence-corrected chi connectivity index (χ2v) is 8.19. The Kier molecular flexibility index (Phi) is 5.43. The van der Waals surface area contributed by atoms with Crippen molar-refractivity contribution in [2.45, 2.75) is 38.8 Å². The molecule has 3 heterocycles. The lowest BCUT2D eigenvalue weighted by molar-refractivity contribution is -0.0440. The van der Waals surface area contributed by atoms with Gasteiger partial charge in [-0.2, -0.15) is 0 Å². The van der Waals surface area contributed by atoms with Crippen LogP contribution in [0.15, 0.2) is 42.5 Å². The fourth-order valence-electron chi connectivity index (χ4n) is 3.20. The van der Waals surface area contributed by atoms with Gasteiger partial charge in [0.05, 0.1) is 32.0 Å². The number of pyridine rings is 1. The Morgan fingerprint density at radius 1 is 1.10 bits per heavy atom. The van der Waals surface area contributed by atoms with Gasteiger partial charge in [0.2, 0.25) is 5.88 Å². The van der Waals surface area contributed by atoms with Crippen LogP contribution in [0.5, 0.6) is 5.88 Å². The number of hydrogen-bond donors (Lipinski definition) is 0. The highest BCUT2D eigenvalue weighted by Crippen LogP contribution is 2.28. The smallest absolute Gasteiger partial charge is 0.410 e. The maximum Gasteiger partial charge on any atom is 0.410 e. The zero-order chi connectivity index (χ0) is 20.4. The zero-order valence-corrected chi connectivity index (χ0v) is 17.0. The number of ether oxygens (including phenoxy) is 4.